The molecule has 0 spiro atoms. The molecule has 3 rings (SSSR count). The topological polar surface area (TPSA) is 62.1 Å². The van der Waals surface area contributed by atoms with Crippen LogP contribution in [0.2, 0.25) is 0 Å². The van der Waals surface area contributed by atoms with Crippen LogP contribution in [-0.2, 0) is 17.8 Å². The highest BCUT2D eigenvalue weighted by atomic mass is 79.9. The van der Waals surface area contributed by atoms with E-state index in [0.29, 0.717) is 28.7 Å². The fourth-order valence-electron chi connectivity index (χ4n) is 3.02. The van der Waals surface area contributed by atoms with Crippen LogP contribution in [0.25, 0.3) is 0 Å². The van der Waals surface area contributed by atoms with Crippen molar-refractivity contribution in [2.24, 2.45) is 5.16 Å². The first-order chi connectivity index (χ1) is 12.6. The van der Waals surface area contributed by atoms with E-state index < -0.39 is 12.1 Å². The van der Waals surface area contributed by atoms with Crippen LogP contribution in [0, 0.1) is 5.82 Å². The molecule has 5 nitrogen and oxygen atoms in total. The number of amides is 1. The van der Waals surface area contributed by atoms with Gasteiger partial charge in [-0.25, -0.2) is 9.18 Å². The third-order valence-corrected chi connectivity index (χ3v) is 5.00. The zero-order chi connectivity index (χ0) is 18.5. The molecule has 1 aliphatic heterocycles. The van der Waals surface area contributed by atoms with Crippen LogP contribution in [0.15, 0.2) is 58.2 Å². The van der Waals surface area contributed by atoms with Gasteiger partial charge in [0, 0.05) is 19.4 Å². The van der Waals surface area contributed by atoms with Crippen molar-refractivity contribution in [2.75, 3.05) is 6.54 Å². The highest BCUT2D eigenvalue weighted by Crippen LogP contribution is 2.25. The third kappa shape index (κ3) is 4.04. The fraction of sp³-hybridized carbons (Fsp3) is 0.263. The predicted octanol–water partition coefficient (Wildman–Crippen LogP) is 4.37. The van der Waals surface area contributed by atoms with Crippen LogP contribution in [0.4, 0.5) is 9.18 Å². The maximum absolute atomic E-state index is 14.3. The average molecular weight is 421 g/mol. The lowest BCUT2D eigenvalue weighted by Gasteiger charge is -2.24. The normalized spacial score (nSPS) is 18.3. The van der Waals surface area contributed by atoms with Crippen LogP contribution in [0.1, 0.15) is 17.5 Å². The van der Waals surface area contributed by atoms with Gasteiger partial charge in [0.2, 0.25) is 0 Å². The first kappa shape index (κ1) is 18.4. The molecule has 7 heteroatoms. The first-order valence-corrected chi connectivity index (χ1v) is 9.00. The van der Waals surface area contributed by atoms with E-state index in [1.165, 1.54) is 4.90 Å². The summed E-state index contributed by atoms with van der Waals surface area (Å²) < 4.78 is 20.0. The Morgan fingerprint density at radius 2 is 2.04 bits per heavy atom. The standard InChI is InChI=1S/C19H18BrFN2O3/c20-15-8-4-7-14(18(15)21)11-17-16(22-25)9-10-23(17)19(24)26-12-13-5-2-1-3-6-13/h1-8,17,25H,9-12H2/b22-16+. The Labute approximate surface area is 159 Å². The van der Waals surface area contributed by atoms with Crippen molar-refractivity contribution >= 4 is 27.7 Å². The zero-order valence-corrected chi connectivity index (χ0v) is 15.5. The van der Waals surface area contributed by atoms with Crippen molar-refractivity contribution < 1.29 is 19.1 Å². The van der Waals surface area contributed by atoms with E-state index >= 15 is 0 Å². The van der Waals surface area contributed by atoms with Crippen molar-refractivity contribution in [3.05, 3.63) is 69.9 Å². The molecule has 2 aromatic rings. The van der Waals surface area contributed by atoms with Crippen molar-refractivity contribution in [1.29, 1.82) is 0 Å². The molecule has 0 radical (unpaired) electrons. The minimum absolute atomic E-state index is 0.153. The minimum Gasteiger partial charge on any atom is -0.445 e. The van der Waals surface area contributed by atoms with Gasteiger partial charge in [-0.05, 0) is 33.1 Å². The first-order valence-electron chi connectivity index (χ1n) is 8.21. The number of benzene rings is 2. The summed E-state index contributed by atoms with van der Waals surface area (Å²) in [5.74, 6) is -0.380. The number of nitrogens with zero attached hydrogens (tertiary/aromatic N) is 2. The number of ether oxygens (including phenoxy) is 1. The second-order valence-electron chi connectivity index (χ2n) is 6.01. The number of rotatable bonds is 4. The molecule has 0 aromatic heterocycles. The molecule has 0 saturated carbocycles. The molecule has 1 heterocycles. The molecule has 1 saturated heterocycles. The number of halogens is 2. The van der Waals surface area contributed by atoms with Crippen LogP contribution in [0.3, 0.4) is 0 Å². The summed E-state index contributed by atoms with van der Waals surface area (Å²) in [7, 11) is 0. The molecule has 1 aliphatic rings. The van der Waals surface area contributed by atoms with Gasteiger partial charge in [-0.15, -0.1) is 0 Å². The van der Waals surface area contributed by atoms with E-state index in [2.05, 4.69) is 21.1 Å². The molecule has 0 aliphatic carbocycles. The number of likely N-dealkylation sites (tertiary alicyclic amines) is 1. The molecule has 2 aromatic carbocycles. The number of carbonyl (C=O) groups excluding carboxylic acids is 1. The fourth-order valence-corrected chi connectivity index (χ4v) is 3.42. The number of carbonyl (C=O) groups is 1. The lowest BCUT2D eigenvalue weighted by Crippen LogP contribution is -2.40. The summed E-state index contributed by atoms with van der Waals surface area (Å²) in [4.78, 5) is 14.0. The van der Waals surface area contributed by atoms with Gasteiger partial charge in [0.1, 0.15) is 12.4 Å². The third-order valence-electron chi connectivity index (χ3n) is 4.38. The zero-order valence-electron chi connectivity index (χ0n) is 13.9. The molecule has 1 amide bonds. The van der Waals surface area contributed by atoms with E-state index in [0.717, 1.165) is 5.56 Å². The highest BCUT2D eigenvalue weighted by molar-refractivity contribution is 9.10. The van der Waals surface area contributed by atoms with Gasteiger partial charge >= 0.3 is 6.09 Å². The van der Waals surface area contributed by atoms with E-state index in [-0.39, 0.29) is 18.8 Å². The average Bonchev–Trinajstić information content (AvgIpc) is 3.07. The maximum Gasteiger partial charge on any atom is 0.410 e. The lowest BCUT2D eigenvalue weighted by molar-refractivity contribution is 0.0954. The van der Waals surface area contributed by atoms with Crippen molar-refractivity contribution in [2.45, 2.75) is 25.5 Å². The van der Waals surface area contributed by atoms with Crippen LogP contribution >= 0.6 is 15.9 Å². The molecule has 26 heavy (non-hydrogen) atoms. The van der Waals surface area contributed by atoms with Gasteiger partial charge in [0.25, 0.3) is 0 Å². The minimum atomic E-state index is -0.535. The van der Waals surface area contributed by atoms with Gasteiger partial charge in [0.15, 0.2) is 0 Å². The Morgan fingerprint density at radius 1 is 1.27 bits per heavy atom. The molecular formula is C19H18BrFN2O3. The Morgan fingerprint density at radius 3 is 2.77 bits per heavy atom. The van der Waals surface area contributed by atoms with E-state index in [1.807, 2.05) is 30.3 Å². The van der Waals surface area contributed by atoms with Crippen molar-refractivity contribution in [3.8, 4) is 0 Å². The molecule has 1 N–H and O–H groups in total. The molecule has 0 bridgehead atoms. The second kappa shape index (κ2) is 8.31. The SMILES string of the molecule is O=C(OCc1ccccc1)N1CC/C(=N\O)C1Cc1cccc(Br)c1F. The lowest BCUT2D eigenvalue weighted by atomic mass is 10.0. The Kier molecular flexibility index (Phi) is 5.88. The van der Waals surface area contributed by atoms with Crippen LogP contribution in [-0.4, -0.2) is 34.5 Å². The van der Waals surface area contributed by atoms with Crippen LogP contribution in [0.5, 0.6) is 0 Å². The van der Waals surface area contributed by atoms with Gasteiger partial charge in [-0.3, -0.25) is 4.90 Å². The Bertz CT molecular complexity index is 814. The summed E-state index contributed by atoms with van der Waals surface area (Å²) in [6, 6.07) is 13.8. The second-order valence-corrected chi connectivity index (χ2v) is 6.86. The summed E-state index contributed by atoms with van der Waals surface area (Å²) in [6.45, 7) is 0.521. The van der Waals surface area contributed by atoms with E-state index in [9.17, 15) is 14.4 Å². The van der Waals surface area contributed by atoms with Crippen molar-refractivity contribution in [1.82, 2.24) is 4.90 Å². The van der Waals surface area contributed by atoms with Crippen molar-refractivity contribution in [3.63, 3.8) is 0 Å². The van der Waals surface area contributed by atoms with Gasteiger partial charge < -0.3 is 9.94 Å². The quantitative estimate of drug-likeness (QED) is 0.589. The maximum atomic E-state index is 14.3. The van der Waals surface area contributed by atoms with Gasteiger partial charge in [-0.1, -0.05) is 47.6 Å². The molecule has 1 fully saturated rings. The summed E-state index contributed by atoms with van der Waals surface area (Å²) in [5, 5.41) is 12.6. The number of hydrogen-bond donors (Lipinski definition) is 1. The summed E-state index contributed by atoms with van der Waals surface area (Å²) in [5.41, 5.74) is 1.76. The monoisotopic (exact) mass is 420 g/mol. The van der Waals surface area contributed by atoms with Gasteiger partial charge in [-0.2, -0.15) is 0 Å². The number of hydrogen-bond acceptors (Lipinski definition) is 4. The highest BCUT2D eigenvalue weighted by Gasteiger charge is 2.36. The molecule has 1 unspecified atom stereocenters. The van der Waals surface area contributed by atoms with E-state index in [1.54, 1.807) is 18.2 Å². The summed E-state index contributed by atoms with van der Waals surface area (Å²) in [6.07, 6.45) is 0.135. The van der Waals surface area contributed by atoms with E-state index in [4.69, 9.17) is 4.74 Å². The smallest absolute Gasteiger partial charge is 0.410 e. The Hall–Kier alpha value is -2.41. The molecular weight excluding hydrogens is 403 g/mol. The summed E-state index contributed by atoms with van der Waals surface area (Å²) >= 11 is 3.16. The predicted molar refractivity (Wildman–Crippen MR) is 98.8 cm³/mol. The number of oxime groups is 1. The molecule has 1 atom stereocenters. The largest absolute Gasteiger partial charge is 0.445 e. The Balaban J connectivity index is 1.73. The molecule has 136 valence electrons. The van der Waals surface area contributed by atoms with Crippen LogP contribution < -0.4 is 0 Å². The van der Waals surface area contributed by atoms with Gasteiger partial charge in [0.05, 0.1) is 16.2 Å².